The smallest absolute Gasteiger partial charge is 0.165 e. The van der Waals surface area contributed by atoms with Gasteiger partial charge >= 0.3 is 0 Å². The molecule has 0 unspecified atom stereocenters. The van der Waals surface area contributed by atoms with Crippen LogP contribution < -0.4 is 0 Å². The van der Waals surface area contributed by atoms with Crippen LogP contribution >= 0.6 is 11.3 Å². The molecule has 246 valence electrons. The molecule has 0 spiro atoms. The molecule has 3 heterocycles. The van der Waals surface area contributed by atoms with Crippen molar-refractivity contribution in [3.63, 3.8) is 0 Å². The first kappa shape index (κ1) is 28.3. The highest BCUT2D eigenvalue weighted by molar-refractivity contribution is 7.26. The third-order valence-electron chi connectivity index (χ3n) is 12.3. The minimum absolute atomic E-state index is 0.218. The molecular weight excluding hydrogens is 663 g/mol. The van der Waals surface area contributed by atoms with Crippen LogP contribution in [0.15, 0.2) is 140 Å². The molecule has 0 N–H and O–H groups in total. The summed E-state index contributed by atoms with van der Waals surface area (Å²) >= 11 is 1.90. The first-order valence-electron chi connectivity index (χ1n) is 18.3. The van der Waals surface area contributed by atoms with Gasteiger partial charge in [0.15, 0.2) is 5.82 Å². The fourth-order valence-corrected chi connectivity index (χ4v) is 11.3. The lowest BCUT2D eigenvalue weighted by atomic mass is 9.79. The average Bonchev–Trinajstić information content (AvgIpc) is 3.79. The van der Waals surface area contributed by atoms with Gasteiger partial charge in [-0.05, 0) is 79.9 Å². The molecular formula is C49H29N3S. The predicted octanol–water partition coefficient (Wildman–Crippen LogP) is 13.4. The van der Waals surface area contributed by atoms with E-state index in [4.69, 9.17) is 9.97 Å². The minimum Gasteiger partial charge on any atom is -0.292 e. The molecule has 0 atom stereocenters. The maximum Gasteiger partial charge on any atom is 0.165 e. The van der Waals surface area contributed by atoms with Gasteiger partial charge in [-0.3, -0.25) is 4.57 Å². The topological polar surface area (TPSA) is 30.7 Å². The molecule has 0 saturated heterocycles. The zero-order valence-corrected chi connectivity index (χ0v) is 29.8. The standard InChI is InChI=1S/C49H29N3S/c1-49(2)34-18-6-5-13-29(34)32-16-8-17-33(45(32)49)47-48(51-46-28-12-4-3-10-26(28)20-22-35(46)50-47)52-36-23-21-27-11-7-14-30-31-15-9-19-38-41(31)44-39(53-38)25-24-37(52)43(44)42(36)40(27)30/h3-25H,1-2H3. The normalized spacial score (nSPS) is 14.0. The number of hydrogen-bond acceptors (Lipinski definition) is 3. The molecule has 53 heavy (non-hydrogen) atoms. The maximum absolute atomic E-state index is 5.77. The Hall–Kier alpha value is -6.36. The Bertz CT molecular complexity index is 3490. The van der Waals surface area contributed by atoms with Crippen LogP contribution in [0.3, 0.4) is 0 Å². The number of rotatable bonds is 2. The lowest BCUT2D eigenvalue weighted by molar-refractivity contribution is 0.661. The number of hydrogen-bond donors (Lipinski definition) is 0. The van der Waals surface area contributed by atoms with Crippen LogP contribution in [0.1, 0.15) is 25.0 Å². The zero-order chi connectivity index (χ0) is 34.7. The van der Waals surface area contributed by atoms with Crippen molar-refractivity contribution in [1.82, 2.24) is 14.5 Å². The van der Waals surface area contributed by atoms with Gasteiger partial charge in [-0.1, -0.05) is 123 Å². The van der Waals surface area contributed by atoms with Crippen molar-refractivity contribution in [2.45, 2.75) is 19.3 Å². The Morgan fingerprint density at radius 3 is 2.08 bits per heavy atom. The molecule has 4 heteroatoms. The summed E-state index contributed by atoms with van der Waals surface area (Å²) in [5.41, 5.74) is 13.8. The van der Waals surface area contributed by atoms with E-state index < -0.39 is 0 Å². The quantitative estimate of drug-likeness (QED) is 0.169. The van der Waals surface area contributed by atoms with Gasteiger partial charge in [0.25, 0.3) is 0 Å². The summed E-state index contributed by atoms with van der Waals surface area (Å²) in [7, 11) is 0. The molecule has 11 aromatic rings. The Morgan fingerprint density at radius 1 is 0.491 bits per heavy atom. The summed E-state index contributed by atoms with van der Waals surface area (Å²) in [6.45, 7) is 4.72. The third kappa shape index (κ3) is 3.37. The monoisotopic (exact) mass is 691 g/mol. The zero-order valence-electron chi connectivity index (χ0n) is 29.0. The Morgan fingerprint density at radius 2 is 1.15 bits per heavy atom. The SMILES string of the molecule is CC1(C)c2ccccc2-c2cccc(-c3nc4ccc5ccccc5c4nc3-n3c4ccc5cccc6c5c4c4c5c(ccc43)sc3cccc-6c35)c21. The first-order valence-corrected chi connectivity index (χ1v) is 19.2. The fraction of sp³-hybridized carbons (Fsp3) is 0.0612. The molecule has 3 nitrogen and oxygen atoms in total. The van der Waals surface area contributed by atoms with Crippen molar-refractivity contribution >= 4 is 85.9 Å². The van der Waals surface area contributed by atoms with E-state index in [1.54, 1.807) is 0 Å². The maximum atomic E-state index is 5.77. The van der Waals surface area contributed by atoms with Crippen molar-refractivity contribution in [2.75, 3.05) is 0 Å². The van der Waals surface area contributed by atoms with Gasteiger partial charge in [0, 0.05) is 47.3 Å². The Kier molecular flexibility index (Phi) is 5.09. The van der Waals surface area contributed by atoms with E-state index in [0.29, 0.717) is 0 Å². The molecule has 0 amide bonds. The summed E-state index contributed by atoms with van der Waals surface area (Å²) in [6, 6.07) is 51.4. The second kappa shape index (κ2) is 9.54. The highest BCUT2D eigenvalue weighted by Gasteiger charge is 2.38. The van der Waals surface area contributed by atoms with Gasteiger partial charge < -0.3 is 0 Å². The second-order valence-corrected chi connectivity index (χ2v) is 16.3. The van der Waals surface area contributed by atoms with E-state index in [2.05, 4.69) is 158 Å². The van der Waals surface area contributed by atoms with Crippen LogP contribution in [0.4, 0.5) is 0 Å². The molecule has 8 aromatic carbocycles. The largest absolute Gasteiger partial charge is 0.292 e. The Labute approximate surface area is 308 Å². The molecule has 13 rings (SSSR count). The Balaban J connectivity index is 1.25. The van der Waals surface area contributed by atoms with Crippen LogP contribution in [0.2, 0.25) is 0 Å². The predicted molar refractivity (Wildman–Crippen MR) is 224 cm³/mol. The van der Waals surface area contributed by atoms with Gasteiger partial charge in [0.1, 0.15) is 5.69 Å². The number of aromatic nitrogens is 3. The van der Waals surface area contributed by atoms with Gasteiger partial charge in [-0.2, -0.15) is 0 Å². The van der Waals surface area contributed by atoms with E-state index in [0.717, 1.165) is 49.9 Å². The summed E-state index contributed by atoms with van der Waals surface area (Å²) < 4.78 is 5.09. The van der Waals surface area contributed by atoms with E-state index in [9.17, 15) is 0 Å². The number of fused-ring (bicyclic) bond motifs is 7. The molecule has 0 saturated carbocycles. The summed E-state index contributed by atoms with van der Waals surface area (Å²) in [4.78, 5) is 11.4. The van der Waals surface area contributed by atoms with Crippen molar-refractivity contribution < 1.29 is 0 Å². The molecule has 0 fully saturated rings. The molecule has 2 aliphatic carbocycles. The van der Waals surface area contributed by atoms with E-state index >= 15 is 0 Å². The van der Waals surface area contributed by atoms with Gasteiger partial charge in [-0.15, -0.1) is 11.3 Å². The molecule has 2 aliphatic rings. The third-order valence-corrected chi connectivity index (χ3v) is 13.4. The summed E-state index contributed by atoms with van der Waals surface area (Å²) in [5.74, 6) is 0.866. The van der Waals surface area contributed by atoms with Crippen molar-refractivity contribution in [2.24, 2.45) is 0 Å². The molecule has 0 aliphatic heterocycles. The van der Waals surface area contributed by atoms with Crippen molar-refractivity contribution in [3.05, 3.63) is 151 Å². The lowest BCUT2D eigenvalue weighted by Crippen LogP contribution is -2.17. The number of thiophene rings is 1. The minimum atomic E-state index is -0.218. The van der Waals surface area contributed by atoms with Gasteiger partial charge in [0.05, 0.1) is 22.1 Å². The molecule has 0 radical (unpaired) electrons. The van der Waals surface area contributed by atoms with Gasteiger partial charge in [-0.25, -0.2) is 9.97 Å². The van der Waals surface area contributed by atoms with Crippen molar-refractivity contribution in [1.29, 1.82) is 0 Å². The van der Waals surface area contributed by atoms with Crippen molar-refractivity contribution in [3.8, 4) is 39.3 Å². The second-order valence-electron chi connectivity index (χ2n) is 15.3. The number of benzene rings is 8. The van der Waals surface area contributed by atoms with Gasteiger partial charge in [0.2, 0.25) is 0 Å². The average molecular weight is 692 g/mol. The number of nitrogens with zero attached hydrogens (tertiary/aromatic N) is 3. The molecule has 3 aromatic heterocycles. The first-order chi connectivity index (χ1) is 26.1. The van der Waals surface area contributed by atoms with Crippen LogP contribution in [-0.2, 0) is 5.41 Å². The van der Waals surface area contributed by atoms with E-state index in [1.165, 1.54) is 75.1 Å². The van der Waals surface area contributed by atoms with Crippen LogP contribution in [0, 0.1) is 0 Å². The fourth-order valence-electron chi connectivity index (χ4n) is 10.1. The summed E-state index contributed by atoms with van der Waals surface area (Å²) in [6.07, 6.45) is 0. The van der Waals surface area contributed by atoms with E-state index in [1.807, 2.05) is 11.3 Å². The highest BCUT2D eigenvalue weighted by Crippen LogP contribution is 2.55. The highest BCUT2D eigenvalue weighted by atomic mass is 32.1. The van der Waals surface area contributed by atoms with Crippen LogP contribution in [0.5, 0.6) is 0 Å². The molecule has 0 bridgehead atoms. The van der Waals surface area contributed by atoms with E-state index in [-0.39, 0.29) is 5.41 Å². The van der Waals surface area contributed by atoms with Crippen LogP contribution in [0.25, 0.3) is 114 Å². The lowest BCUT2D eigenvalue weighted by Gasteiger charge is -2.25. The van der Waals surface area contributed by atoms with Crippen LogP contribution in [-0.4, -0.2) is 14.5 Å². The summed E-state index contributed by atoms with van der Waals surface area (Å²) in [5, 5.41) is 10.2.